The maximum atomic E-state index is 13.3. The van der Waals surface area contributed by atoms with Gasteiger partial charge in [0.25, 0.3) is 10.0 Å². The van der Waals surface area contributed by atoms with Gasteiger partial charge in [-0.05, 0) is 41.8 Å². The van der Waals surface area contributed by atoms with Crippen LogP contribution in [0.15, 0.2) is 83.8 Å². The number of sulfonamides is 1. The number of nitrogens with zero attached hydrogens (tertiary/aromatic N) is 1. The molecule has 0 unspecified atom stereocenters. The molecule has 154 valence electrons. The van der Waals surface area contributed by atoms with Gasteiger partial charge in [0.2, 0.25) is 0 Å². The number of rotatable bonds is 4. The van der Waals surface area contributed by atoms with Gasteiger partial charge in [-0.25, -0.2) is 13.4 Å². The van der Waals surface area contributed by atoms with Gasteiger partial charge in [0.15, 0.2) is 0 Å². The molecule has 0 aliphatic carbocycles. The van der Waals surface area contributed by atoms with Crippen LogP contribution in [-0.4, -0.2) is 13.4 Å². The molecule has 0 amide bonds. The molecule has 0 radical (unpaired) electrons. The van der Waals surface area contributed by atoms with E-state index in [0.717, 1.165) is 26.0 Å². The summed E-state index contributed by atoms with van der Waals surface area (Å²) in [6, 6.07) is 23.5. The summed E-state index contributed by atoms with van der Waals surface area (Å²) in [6.45, 7) is 0. The summed E-state index contributed by atoms with van der Waals surface area (Å²) < 4.78 is 30.3. The van der Waals surface area contributed by atoms with Gasteiger partial charge in [0, 0.05) is 21.0 Å². The van der Waals surface area contributed by atoms with Crippen molar-refractivity contribution >= 4 is 71.2 Å². The van der Waals surface area contributed by atoms with Crippen molar-refractivity contribution in [3.63, 3.8) is 0 Å². The van der Waals surface area contributed by atoms with Crippen molar-refractivity contribution in [2.45, 2.75) is 4.90 Å². The van der Waals surface area contributed by atoms with E-state index in [1.807, 2.05) is 60.7 Å². The van der Waals surface area contributed by atoms with Gasteiger partial charge >= 0.3 is 0 Å². The number of halogens is 2. The largest absolute Gasteiger partial charge is 0.278 e. The molecule has 0 saturated carbocycles. The van der Waals surface area contributed by atoms with Crippen molar-refractivity contribution in [3.8, 4) is 10.6 Å². The number of para-hydroxylation sites is 1. The van der Waals surface area contributed by atoms with E-state index in [0.29, 0.717) is 11.3 Å². The minimum Gasteiger partial charge on any atom is -0.278 e. The quantitative estimate of drug-likeness (QED) is 0.292. The maximum absolute atomic E-state index is 13.3. The summed E-state index contributed by atoms with van der Waals surface area (Å²) in [7, 11) is -3.95. The Morgan fingerprint density at radius 2 is 1.55 bits per heavy atom. The first kappa shape index (κ1) is 20.3. The zero-order chi connectivity index (χ0) is 21.6. The molecule has 0 atom stereocenters. The molecule has 0 fully saturated rings. The van der Waals surface area contributed by atoms with Gasteiger partial charge in [-0.2, -0.15) is 0 Å². The van der Waals surface area contributed by atoms with E-state index in [4.69, 9.17) is 28.2 Å². The van der Waals surface area contributed by atoms with E-state index < -0.39 is 10.0 Å². The van der Waals surface area contributed by atoms with Crippen LogP contribution in [0.1, 0.15) is 0 Å². The smallest absolute Gasteiger partial charge is 0.262 e. The second kappa shape index (κ2) is 7.80. The minimum atomic E-state index is -3.95. The number of nitrogens with one attached hydrogen (secondary N) is 1. The van der Waals surface area contributed by atoms with Crippen molar-refractivity contribution in [2.75, 3.05) is 4.72 Å². The summed E-state index contributed by atoms with van der Waals surface area (Å²) in [4.78, 5) is 4.72. The lowest BCUT2D eigenvalue weighted by atomic mass is 10.0. The average molecular weight is 485 g/mol. The Labute approximate surface area is 193 Å². The third kappa shape index (κ3) is 3.88. The third-order valence-electron chi connectivity index (χ3n) is 4.84. The van der Waals surface area contributed by atoms with Crippen molar-refractivity contribution in [2.24, 2.45) is 0 Å². The Bertz CT molecular complexity index is 1510. The molecule has 8 heteroatoms. The highest BCUT2D eigenvalue weighted by Crippen LogP contribution is 2.39. The monoisotopic (exact) mass is 484 g/mol. The summed E-state index contributed by atoms with van der Waals surface area (Å²) in [5, 5.41) is 2.91. The SMILES string of the molecule is O=S(=O)(Nc1c(-c2nc3ccccc3s2)ccc2ccccc12)c1cc(Cl)cc(Cl)c1. The Balaban J connectivity index is 1.72. The molecule has 0 aliphatic rings. The van der Waals surface area contributed by atoms with Gasteiger partial charge in [0.1, 0.15) is 5.01 Å². The van der Waals surface area contributed by atoms with Gasteiger partial charge < -0.3 is 0 Å². The van der Waals surface area contributed by atoms with Crippen LogP contribution in [0, 0.1) is 0 Å². The van der Waals surface area contributed by atoms with Crippen LogP contribution in [-0.2, 0) is 10.0 Å². The summed E-state index contributed by atoms with van der Waals surface area (Å²) in [5.41, 5.74) is 2.04. The van der Waals surface area contributed by atoms with Crippen molar-refractivity contribution in [3.05, 3.63) is 88.9 Å². The summed E-state index contributed by atoms with van der Waals surface area (Å²) >= 11 is 13.6. The molecular weight excluding hydrogens is 471 g/mol. The van der Waals surface area contributed by atoms with Crippen molar-refractivity contribution in [1.29, 1.82) is 0 Å². The number of benzene rings is 4. The van der Waals surface area contributed by atoms with E-state index >= 15 is 0 Å². The van der Waals surface area contributed by atoms with E-state index in [2.05, 4.69) is 4.72 Å². The lowest BCUT2D eigenvalue weighted by molar-refractivity contribution is 0.601. The molecule has 0 spiro atoms. The van der Waals surface area contributed by atoms with E-state index in [1.165, 1.54) is 29.5 Å². The van der Waals surface area contributed by atoms with Crippen LogP contribution in [0.3, 0.4) is 0 Å². The molecule has 1 N–H and O–H groups in total. The Morgan fingerprint density at radius 3 is 2.32 bits per heavy atom. The Morgan fingerprint density at radius 1 is 0.839 bits per heavy atom. The Hall–Kier alpha value is -2.64. The molecule has 1 aromatic heterocycles. The highest BCUT2D eigenvalue weighted by atomic mass is 35.5. The fourth-order valence-electron chi connectivity index (χ4n) is 3.42. The Kier molecular flexibility index (Phi) is 5.10. The molecule has 0 saturated heterocycles. The highest BCUT2D eigenvalue weighted by Gasteiger charge is 2.21. The number of thiazole rings is 1. The molecule has 31 heavy (non-hydrogen) atoms. The molecule has 4 aromatic carbocycles. The molecule has 4 nitrogen and oxygen atoms in total. The number of fused-ring (bicyclic) bond motifs is 2. The van der Waals surface area contributed by atoms with Gasteiger partial charge in [-0.15, -0.1) is 11.3 Å². The van der Waals surface area contributed by atoms with E-state index in [-0.39, 0.29) is 14.9 Å². The standard InChI is InChI=1S/C23H14Cl2N2O2S2/c24-15-11-16(25)13-17(12-15)31(28,29)27-22-18-6-2-1-5-14(18)9-10-19(22)23-26-20-7-3-4-8-21(20)30-23/h1-13,27H. The first-order chi connectivity index (χ1) is 14.9. The second-order valence-electron chi connectivity index (χ2n) is 6.91. The molecule has 0 aliphatic heterocycles. The number of aromatic nitrogens is 1. The second-order valence-corrected chi connectivity index (χ2v) is 10.5. The molecule has 5 aromatic rings. The fraction of sp³-hybridized carbons (Fsp3) is 0. The maximum Gasteiger partial charge on any atom is 0.262 e. The van der Waals surface area contributed by atoms with Crippen LogP contribution < -0.4 is 4.72 Å². The van der Waals surface area contributed by atoms with Gasteiger partial charge in [-0.1, -0.05) is 65.7 Å². The summed E-state index contributed by atoms with van der Waals surface area (Å²) in [5.74, 6) is 0. The molecule has 0 bridgehead atoms. The third-order valence-corrected chi connectivity index (χ3v) is 7.67. The highest BCUT2D eigenvalue weighted by molar-refractivity contribution is 7.92. The zero-order valence-corrected chi connectivity index (χ0v) is 19.0. The van der Waals surface area contributed by atoms with Gasteiger partial charge in [-0.3, -0.25) is 4.72 Å². The predicted molar refractivity (Wildman–Crippen MR) is 130 cm³/mol. The number of hydrogen-bond acceptors (Lipinski definition) is 4. The van der Waals surface area contributed by atoms with Crippen molar-refractivity contribution < 1.29 is 8.42 Å². The van der Waals surface area contributed by atoms with Crippen LogP contribution in [0.5, 0.6) is 0 Å². The van der Waals surface area contributed by atoms with E-state index in [1.54, 1.807) is 0 Å². The van der Waals surface area contributed by atoms with Crippen LogP contribution >= 0.6 is 34.5 Å². The normalized spacial score (nSPS) is 11.8. The molecular formula is C23H14Cl2N2O2S2. The first-order valence-electron chi connectivity index (χ1n) is 9.27. The van der Waals surface area contributed by atoms with Crippen LogP contribution in [0.4, 0.5) is 5.69 Å². The van der Waals surface area contributed by atoms with E-state index in [9.17, 15) is 8.42 Å². The molecule has 5 rings (SSSR count). The zero-order valence-electron chi connectivity index (χ0n) is 15.8. The van der Waals surface area contributed by atoms with Crippen LogP contribution in [0.25, 0.3) is 31.6 Å². The minimum absolute atomic E-state index is 0.00631. The van der Waals surface area contributed by atoms with Gasteiger partial charge in [0.05, 0.1) is 20.8 Å². The lowest BCUT2D eigenvalue weighted by Crippen LogP contribution is -2.14. The topological polar surface area (TPSA) is 59.1 Å². The first-order valence-corrected chi connectivity index (χ1v) is 12.3. The predicted octanol–water partition coefficient (Wildman–Crippen LogP) is 7.22. The molecule has 1 heterocycles. The lowest BCUT2D eigenvalue weighted by Gasteiger charge is -2.15. The summed E-state index contributed by atoms with van der Waals surface area (Å²) in [6.07, 6.45) is 0. The van der Waals surface area contributed by atoms with Crippen molar-refractivity contribution in [1.82, 2.24) is 4.98 Å². The number of anilines is 1. The fourth-order valence-corrected chi connectivity index (χ4v) is 6.25. The van der Waals surface area contributed by atoms with Crippen LogP contribution in [0.2, 0.25) is 10.0 Å². The average Bonchev–Trinajstić information content (AvgIpc) is 3.17. The number of hydrogen-bond donors (Lipinski definition) is 1.